The second-order valence-electron chi connectivity index (χ2n) is 10.7. The second kappa shape index (κ2) is 13.6. The summed E-state index contributed by atoms with van der Waals surface area (Å²) in [5.41, 5.74) is 6.18. The quantitative estimate of drug-likeness (QED) is 0.259. The Morgan fingerprint density at radius 2 is 1.64 bits per heavy atom. The summed E-state index contributed by atoms with van der Waals surface area (Å²) in [4.78, 5) is 22.7. The van der Waals surface area contributed by atoms with Crippen molar-refractivity contribution in [3.8, 4) is 16.9 Å². The predicted molar refractivity (Wildman–Crippen MR) is 163 cm³/mol. The van der Waals surface area contributed by atoms with Crippen molar-refractivity contribution < 1.29 is 9.53 Å². The summed E-state index contributed by atoms with van der Waals surface area (Å²) in [6.45, 7) is 6.57. The fourth-order valence-corrected chi connectivity index (χ4v) is 4.95. The van der Waals surface area contributed by atoms with Crippen molar-refractivity contribution >= 4 is 17.5 Å². The summed E-state index contributed by atoms with van der Waals surface area (Å²) in [5.74, 6) is 0.886. The van der Waals surface area contributed by atoms with Crippen LogP contribution in [0.25, 0.3) is 17.2 Å². The Kier molecular flexibility index (Phi) is 9.93. The van der Waals surface area contributed by atoms with Gasteiger partial charge in [0.1, 0.15) is 5.75 Å². The number of piperazine rings is 1. The zero-order valence-corrected chi connectivity index (χ0v) is 24.1. The van der Waals surface area contributed by atoms with Crippen molar-refractivity contribution in [1.82, 2.24) is 14.7 Å². The monoisotopic (exact) mass is 526 g/mol. The zero-order valence-electron chi connectivity index (χ0n) is 24.1. The van der Waals surface area contributed by atoms with Gasteiger partial charge in [-0.1, -0.05) is 54.6 Å². The lowest BCUT2D eigenvalue weighted by Gasteiger charge is -2.35. The maximum Gasteiger partial charge on any atom is 0.186 e. The maximum absolute atomic E-state index is 13.4. The Bertz CT molecular complexity index is 1280. The molecule has 0 bridgehead atoms. The molecule has 0 aromatic heterocycles. The number of carbonyl (C=O) groups excluding carboxylic acids is 1. The Morgan fingerprint density at radius 1 is 0.923 bits per heavy atom. The third-order valence-corrected chi connectivity index (χ3v) is 7.36. The topological polar surface area (TPSA) is 39.3 Å². The van der Waals surface area contributed by atoms with Crippen molar-refractivity contribution in [3.05, 3.63) is 89.5 Å². The Balaban J connectivity index is 1.61. The number of ether oxygens (including phenoxy) is 1. The first-order valence-electron chi connectivity index (χ1n) is 13.7. The highest BCUT2D eigenvalue weighted by Crippen LogP contribution is 2.34. The molecule has 3 aromatic carbocycles. The molecular formula is C33H42N4O2. The van der Waals surface area contributed by atoms with E-state index in [1.807, 2.05) is 42.5 Å². The van der Waals surface area contributed by atoms with Gasteiger partial charge < -0.3 is 24.3 Å². The van der Waals surface area contributed by atoms with Gasteiger partial charge in [-0.15, -0.1) is 0 Å². The van der Waals surface area contributed by atoms with Gasteiger partial charge in [0, 0.05) is 62.6 Å². The van der Waals surface area contributed by atoms with Crippen LogP contribution in [0.4, 0.5) is 5.69 Å². The average molecular weight is 527 g/mol. The molecule has 4 rings (SSSR count). The summed E-state index contributed by atoms with van der Waals surface area (Å²) in [7, 11) is 10.1. The first-order chi connectivity index (χ1) is 18.9. The zero-order chi connectivity index (χ0) is 27.8. The molecule has 39 heavy (non-hydrogen) atoms. The number of allylic oxidation sites excluding steroid dienone is 1. The molecule has 6 heteroatoms. The molecule has 0 unspecified atom stereocenters. The maximum atomic E-state index is 13.4. The van der Waals surface area contributed by atoms with E-state index >= 15 is 0 Å². The molecule has 0 saturated carbocycles. The highest BCUT2D eigenvalue weighted by Gasteiger charge is 2.18. The van der Waals surface area contributed by atoms with Crippen LogP contribution in [0.2, 0.25) is 0 Å². The SMILES string of the molecule is COc1ccccc1-c1ccc(/C=C/C(=O)c2ccccc2CN(C)CCN(C)C)c(N2CCN(C)CC2)c1. The summed E-state index contributed by atoms with van der Waals surface area (Å²) in [6.07, 6.45) is 3.71. The van der Waals surface area contributed by atoms with Crippen LogP contribution >= 0.6 is 0 Å². The fourth-order valence-electron chi connectivity index (χ4n) is 4.95. The number of para-hydroxylation sites is 1. The lowest BCUT2D eigenvalue weighted by Crippen LogP contribution is -2.44. The number of nitrogens with zero attached hydrogens (tertiary/aromatic N) is 4. The molecule has 6 nitrogen and oxygen atoms in total. The Labute approximate surface area is 234 Å². The van der Waals surface area contributed by atoms with Gasteiger partial charge in [0.25, 0.3) is 0 Å². The van der Waals surface area contributed by atoms with Crippen LogP contribution in [-0.4, -0.2) is 95.1 Å². The van der Waals surface area contributed by atoms with Crippen molar-refractivity contribution in [1.29, 1.82) is 0 Å². The molecular weight excluding hydrogens is 484 g/mol. The van der Waals surface area contributed by atoms with Gasteiger partial charge in [0.2, 0.25) is 0 Å². The fraction of sp³-hybridized carbons (Fsp3) is 0.364. The van der Waals surface area contributed by atoms with Crippen LogP contribution in [0, 0.1) is 0 Å². The van der Waals surface area contributed by atoms with Crippen molar-refractivity contribution in [2.75, 3.05) is 79.5 Å². The van der Waals surface area contributed by atoms with Crippen molar-refractivity contribution in [2.45, 2.75) is 6.54 Å². The molecule has 0 atom stereocenters. The number of rotatable bonds is 11. The summed E-state index contributed by atoms with van der Waals surface area (Å²) in [5, 5.41) is 0. The Morgan fingerprint density at radius 3 is 2.38 bits per heavy atom. The van der Waals surface area contributed by atoms with E-state index in [9.17, 15) is 4.79 Å². The van der Waals surface area contributed by atoms with Crippen LogP contribution in [0.3, 0.4) is 0 Å². The number of anilines is 1. The first-order valence-corrected chi connectivity index (χ1v) is 13.7. The van der Waals surface area contributed by atoms with E-state index in [2.05, 4.69) is 78.1 Å². The number of ketones is 1. The lowest BCUT2D eigenvalue weighted by molar-refractivity contribution is 0.104. The predicted octanol–water partition coefficient (Wildman–Crippen LogP) is 5.00. The third-order valence-electron chi connectivity index (χ3n) is 7.36. The van der Waals surface area contributed by atoms with E-state index in [0.717, 1.165) is 85.1 Å². The molecule has 1 saturated heterocycles. The summed E-state index contributed by atoms with van der Waals surface area (Å²) >= 11 is 0. The number of benzene rings is 3. The molecule has 0 aliphatic carbocycles. The number of methoxy groups -OCH3 is 1. The van der Waals surface area contributed by atoms with Crippen LogP contribution in [-0.2, 0) is 6.54 Å². The Hall–Kier alpha value is -3.45. The number of likely N-dealkylation sites (N-methyl/N-ethyl adjacent to an activating group) is 3. The van der Waals surface area contributed by atoms with Gasteiger partial charge >= 0.3 is 0 Å². The van der Waals surface area contributed by atoms with E-state index < -0.39 is 0 Å². The number of carbonyl (C=O) groups is 1. The molecule has 0 N–H and O–H groups in total. The highest BCUT2D eigenvalue weighted by atomic mass is 16.5. The van der Waals surface area contributed by atoms with Crippen LogP contribution in [0.1, 0.15) is 21.5 Å². The van der Waals surface area contributed by atoms with Crippen molar-refractivity contribution in [3.63, 3.8) is 0 Å². The molecule has 0 radical (unpaired) electrons. The van der Waals surface area contributed by atoms with Crippen LogP contribution in [0.5, 0.6) is 5.75 Å². The molecule has 206 valence electrons. The van der Waals surface area contributed by atoms with E-state index in [0.29, 0.717) is 0 Å². The van der Waals surface area contributed by atoms with E-state index in [4.69, 9.17) is 4.74 Å². The van der Waals surface area contributed by atoms with E-state index in [1.165, 1.54) is 0 Å². The molecule has 3 aromatic rings. The number of hydrogen-bond acceptors (Lipinski definition) is 6. The van der Waals surface area contributed by atoms with Crippen LogP contribution in [0.15, 0.2) is 72.8 Å². The van der Waals surface area contributed by atoms with Gasteiger partial charge in [-0.05, 0) is 69.2 Å². The number of hydrogen-bond donors (Lipinski definition) is 0. The molecule has 1 aliphatic rings. The highest BCUT2D eigenvalue weighted by molar-refractivity contribution is 6.08. The molecule has 1 fully saturated rings. The third kappa shape index (κ3) is 7.57. The van der Waals surface area contributed by atoms with Crippen LogP contribution < -0.4 is 9.64 Å². The standard InChI is InChI=1S/C33H42N4O2/c1-34(2)18-19-36(4)25-28-10-6-7-11-29(28)32(38)17-16-26-14-15-27(30-12-8-9-13-33(30)39-5)24-31(26)37-22-20-35(3)21-23-37/h6-17,24H,18-23,25H2,1-5H3/b17-16+. The average Bonchev–Trinajstić information content (AvgIpc) is 2.95. The van der Waals surface area contributed by atoms with Gasteiger partial charge in [-0.25, -0.2) is 0 Å². The van der Waals surface area contributed by atoms with E-state index in [-0.39, 0.29) is 5.78 Å². The normalized spacial score (nSPS) is 14.5. The van der Waals surface area contributed by atoms with Gasteiger partial charge in [-0.3, -0.25) is 4.79 Å². The minimum Gasteiger partial charge on any atom is -0.496 e. The summed E-state index contributed by atoms with van der Waals surface area (Å²) < 4.78 is 5.64. The molecule has 0 spiro atoms. The largest absolute Gasteiger partial charge is 0.496 e. The summed E-state index contributed by atoms with van der Waals surface area (Å²) in [6, 6.07) is 22.6. The smallest absolute Gasteiger partial charge is 0.186 e. The first kappa shape index (κ1) is 28.6. The van der Waals surface area contributed by atoms with Crippen molar-refractivity contribution in [2.24, 2.45) is 0 Å². The lowest BCUT2D eigenvalue weighted by atomic mass is 9.99. The molecule has 0 amide bonds. The molecule has 1 aliphatic heterocycles. The van der Waals surface area contributed by atoms with Gasteiger partial charge in [0.15, 0.2) is 5.78 Å². The van der Waals surface area contributed by atoms with E-state index in [1.54, 1.807) is 13.2 Å². The minimum absolute atomic E-state index is 0.0322. The minimum atomic E-state index is 0.0322. The molecule has 1 heterocycles. The van der Waals surface area contributed by atoms with Gasteiger partial charge in [0.05, 0.1) is 7.11 Å². The van der Waals surface area contributed by atoms with Gasteiger partial charge in [-0.2, -0.15) is 0 Å². The second-order valence-corrected chi connectivity index (χ2v) is 10.7.